The number of carboxylic acids is 1. The van der Waals surface area contributed by atoms with Crippen molar-refractivity contribution in [2.45, 2.75) is 142 Å². The molecular weight excluding hydrogens is 332 g/mol. The zero-order valence-corrected chi connectivity index (χ0v) is 18.6. The van der Waals surface area contributed by atoms with E-state index in [1.54, 1.807) is 19.9 Å². The van der Waals surface area contributed by atoms with Crippen LogP contribution in [0.1, 0.15) is 142 Å². The summed E-state index contributed by atoms with van der Waals surface area (Å²) in [6.07, 6.45) is 31.6. The number of hydrogen-bond donors (Lipinski definition) is 1. The van der Waals surface area contributed by atoms with Crippen LogP contribution in [-0.2, 0) is 4.79 Å². The first-order chi connectivity index (χ1) is 13.2. The lowest BCUT2D eigenvalue weighted by Crippen LogP contribution is -1.93. The van der Waals surface area contributed by atoms with E-state index in [-0.39, 0.29) is 0 Å². The minimum absolute atomic E-state index is 0.389. The second-order valence-corrected chi connectivity index (χ2v) is 8.35. The molecule has 0 unspecified atom stereocenters. The largest absolute Gasteiger partial charge is 0.478 e. The Balaban J connectivity index is 0.000000384. The highest BCUT2D eigenvalue weighted by molar-refractivity contribution is 5.85. The Morgan fingerprint density at radius 3 is 0.704 bits per heavy atom. The molecule has 0 saturated heterocycles. The maximum atomic E-state index is 9.86. The van der Waals surface area contributed by atoms with E-state index < -0.39 is 5.97 Å². The van der Waals surface area contributed by atoms with E-state index in [9.17, 15) is 4.79 Å². The van der Waals surface area contributed by atoms with E-state index in [2.05, 4.69) is 0 Å². The van der Waals surface area contributed by atoms with E-state index in [4.69, 9.17) is 5.11 Å². The zero-order valence-electron chi connectivity index (χ0n) is 18.6. The topological polar surface area (TPSA) is 37.3 Å². The van der Waals surface area contributed by atoms with Crippen LogP contribution >= 0.6 is 0 Å². The molecule has 2 nitrogen and oxygen atoms in total. The number of allylic oxidation sites excluding steroid dienone is 1. The Hall–Kier alpha value is -0.790. The van der Waals surface area contributed by atoms with Gasteiger partial charge in [0.1, 0.15) is 0 Å². The first-order valence-corrected chi connectivity index (χ1v) is 12.0. The van der Waals surface area contributed by atoms with Crippen molar-refractivity contribution in [2.24, 2.45) is 0 Å². The maximum Gasteiger partial charge on any atom is 0.330 e. The van der Waals surface area contributed by atoms with E-state index in [0.717, 1.165) is 0 Å². The van der Waals surface area contributed by atoms with Crippen molar-refractivity contribution in [3.05, 3.63) is 11.6 Å². The lowest BCUT2D eigenvalue weighted by Gasteiger charge is -2.05. The van der Waals surface area contributed by atoms with Crippen molar-refractivity contribution < 1.29 is 9.90 Å². The predicted molar refractivity (Wildman–Crippen MR) is 119 cm³/mol. The van der Waals surface area contributed by atoms with Crippen LogP contribution in [0, 0.1) is 0 Å². The molecule has 2 aliphatic rings. The standard InChI is InChI=1S/2C10H20.C5H8O2/c2*1-2-4-6-8-10-9-7-5-3-1;1-3-4(2)5(6)7/h2*1-10H2;3H,1-2H3,(H,6,7). The third-order valence-electron chi connectivity index (χ3n) is 5.77. The van der Waals surface area contributed by atoms with E-state index in [1.807, 2.05) is 0 Å². The second kappa shape index (κ2) is 21.5. The van der Waals surface area contributed by atoms with Gasteiger partial charge in [-0.3, -0.25) is 0 Å². The van der Waals surface area contributed by atoms with Gasteiger partial charge in [0.2, 0.25) is 0 Å². The molecule has 0 aromatic carbocycles. The van der Waals surface area contributed by atoms with Gasteiger partial charge >= 0.3 is 5.97 Å². The molecule has 0 aromatic rings. The normalized spacial score (nSPS) is 20.7. The van der Waals surface area contributed by atoms with Gasteiger partial charge in [0, 0.05) is 5.57 Å². The van der Waals surface area contributed by atoms with Crippen LogP contribution in [0.4, 0.5) is 0 Å². The van der Waals surface area contributed by atoms with Crippen molar-refractivity contribution in [1.29, 1.82) is 0 Å². The van der Waals surface area contributed by atoms with Gasteiger partial charge in [-0.05, 0) is 13.8 Å². The molecular formula is C25H48O2. The van der Waals surface area contributed by atoms with Crippen LogP contribution in [0.25, 0.3) is 0 Å². The van der Waals surface area contributed by atoms with Gasteiger partial charge in [0.25, 0.3) is 0 Å². The molecule has 0 spiro atoms. The van der Waals surface area contributed by atoms with E-state index >= 15 is 0 Å². The minimum Gasteiger partial charge on any atom is -0.478 e. The monoisotopic (exact) mass is 380 g/mol. The minimum atomic E-state index is -0.845. The first-order valence-electron chi connectivity index (χ1n) is 12.0. The van der Waals surface area contributed by atoms with Gasteiger partial charge in [-0.1, -0.05) is 134 Å². The van der Waals surface area contributed by atoms with Crippen molar-refractivity contribution >= 4 is 5.97 Å². The summed E-state index contributed by atoms with van der Waals surface area (Å²) in [5.41, 5.74) is 0.389. The van der Waals surface area contributed by atoms with Crippen molar-refractivity contribution in [3.63, 3.8) is 0 Å². The molecule has 0 bridgehead atoms. The van der Waals surface area contributed by atoms with E-state index in [1.165, 1.54) is 128 Å². The highest BCUT2D eigenvalue weighted by atomic mass is 16.4. The molecule has 27 heavy (non-hydrogen) atoms. The average molecular weight is 381 g/mol. The Morgan fingerprint density at radius 2 is 0.667 bits per heavy atom. The fraction of sp³-hybridized carbons (Fsp3) is 0.880. The van der Waals surface area contributed by atoms with Crippen LogP contribution < -0.4 is 0 Å². The Labute approximate surface area is 170 Å². The summed E-state index contributed by atoms with van der Waals surface area (Å²) in [5.74, 6) is -0.845. The van der Waals surface area contributed by atoms with E-state index in [0.29, 0.717) is 5.57 Å². The van der Waals surface area contributed by atoms with Gasteiger partial charge in [-0.25, -0.2) is 4.79 Å². The third-order valence-corrected chi connectivity index (χ3v) is 5.77. The van der Waals surface area contributed by atoms with Crippen molar-refractivity contribution in [1.82, 2.24) is 0 Å². The molecule has 2 aliphatic carbocycles. The molecule has 0 aromatic heterocycles. The molecule has 2 fully saturated rings. The molecule has 0 atom stereocenters. The molecule has 2 rings (SSSR count). The van der Waals surface area contributed by atoms with Crippen LogP contribution in [-0.4, -0.2) is 11.1 Å². The average Bonchev–Trinajstić information content (AvgIpc) is 2.71. The van der Waals surface area contributed by atoms with Gasteiger partial charge in [-0.2, -0.15) is 0 Å². The van der Waals surface area contributed by atoms with Crippen molar-refractivity contribution in [3.8, 4) is 0 Å². The van der Waals surface area contributed by atoms with Gasteiger partial charge < -0.3 is 5.11 Å². The highest BCUT2D eigenvalue weighted by Crippen LogP contribution is 2.16. The maximum absolute atomic E-state index is 9.86. The van der Waals surface area contributed by atoms with Gasteiger partial charge in [0.05, 0.1) is 0 Å². The summed E-state index contributed by atoms with van der Waals surface area (Å²) in [7, 11) is 0. The summed E-state index contributed by atoms with van der Waals surface area (Å²) < 4.78 is 0. The summed E-state index contributed by atoms with van der Waals surface area (Å²) in [4.78, 5) is 9.86. The van der Waals surface area contributed by atoms with Crippen LogP contribution in [0.3, 0.4) is 0 Å². The lowest BCUT2D eigenvalue weighted by atomic mass is 10.0. The first kappa shape index (κ1) is 26.2. The Kier molecular flexibility index (Phi) is 20.9. The summed E-state index contributed by atoms with van der Waals surface area (Å²) in [6.45, 7) is 3.26. The molecule has 0 amide bonds. The number of carboxylic acid groups (broad SMARTS) is 1. The second-order valence-electron chi connectivity index (χ2n) is 8.35. The number of aliphatic carboxylic acids is 1. The number of carbonyl (C=O) groups is 1. The fourth-order valence-electron chi connectivity index (χ4n) is 3.66. The SMILES string of the molecule is C1CCCCCCCCC1.C1CCCCCCCCC1.CC=C(C)C(=O)O. The summed E-state index contributed by atoms with van der Waals surface area (Å²) in [5, 5.41) is 8.11. The van der Waals surface area contributed by atoms with Gasteiger partial charge in [0.15, 0.2) is 0 Å². The summed E-state index contributed by atoms with van der Waals surface area (Å²) in [6, 6.07) is 0. The highest BCUT2D eigenvalue weighted by Gasteiger charge is 1.97. The lowest BCUT2D eigenvalue weighted by molar-refractivity contribution is -0.132. The quantitative estimate of drug-likeness (QED) is 0.461. The molecule has 2 saturated carbocycles. The molecule has 1 N–H and O–H groups in total. The summed E-state index contributed by atoms with van der Waals surface area (Å²) >= 11 is 0. The van der Waals surface area contributed by atoms with Gasteiger partial charge in [-0.15, -0.1) is 0 Å². The Morgan fingerprint density at radius 1 is 0.519 bits per heavy atom. The molecule has 0 heterocycles. The van der Waals surface area contributed by atoms with Crippen molar-refractivity contribution in [2.75, 3.05) is 0 Å². The molecule has 0 radical (unpaired) electrons. The number of hydrogen-bond acceptors (Lipinski definition) is 1. The van der Waals surface area contributed by atoms with Crippen LogP contribution in [0.15, 0.2) is 11.6 Å². The third kappa shape index (κ3) is 21.4. The fourth-order valence-corrected chi connectivity index (χ4v) is 3.66. The Bertz CT molecular complexity index is 260. The molecule has 160 valence electrons. The van der Waals surface area contributed by atoms with Crippen LogP contribution in [0.2, 0.25) is 0 Å². The van der Waals surface area contributed by atoms with Crippen LogP contribution in [0.5, 0.6) is 0 Å². The smallest absolute Gasteiger partial charge is 0.330 e. The molecule has 0 aliphatic heterocycles. The zero-order chi connectivity index (χ0) is 20.0. The number of rotatable bonds is 1. The predicted octanol–water partition coefficient (Wildman–Crippen LogP) is 8.84. The molecule has 2 heteroatoms.